The third-order valence-electron chi connectivity index (χ3n) is 8.55. The number of rotatable bonds is 7. The molecule has 1 aromatic carbocycles. The van der Waals surface area contributed by atoms with E-state index in [1.807, 2.05) is 28.0 Å². The first-order chi connectivity index (χ1) is 16.6. The normalized spacial score (nSPS) is 27.1. The molecule has 4 aliphatic rings. The Labute approximate surface area is 214 Å². The van der Waals surface area contributed by atoms with Gasteiger partial charge in [-0.1, -0.05) is 30.3 Å². The van der Waals surface area contributed by atoms with E-state index in [2.05, 4.69) is 52.0 Å². The Morgan fingerprint density at radius 1 is 0.914 bits per heavy atom. The molecule has 4 bridgehead atoms. The molecule has 0 saturated heterocycles. The van der Waals surface area contributed by atoms with Crippen LogP contribution in [0, 0.1) is 30.1 Å². The molecule has 6 rings (SSSR count). The van der Waals surface area contributed by atoms with Crippen LogP contribution in [0.1, 0.15) is 74.6 Å². The predicted octanol–water partition coefficient (Wildman–Crippen LogP) is 6.43. The number of thiophene rings is 1. The van der Waals surface area contributed by atoms with Gasteiger partial charge in [-0.3, -0.25) is 9.59 Å². The maximum absolute atomic E-state index is 14.3. The van der Waals surface area contributed by atoms with Crippen molar-refractivity contribution in [3.8, 4) is 0 Å². The van der Waals surface area contributed by atoms with Gasteiger partial charge in [0.25, 0.3) is 0 Å². The molecule has 4 nitrogen and oxygen atoms in total. The lowest BCUT2D eigenvalue weighted by molar-refractivity contribution is -0.165. The third kappa shape index (κ3) is 5.21. The van der Waals surface area contributed by atoms with E-state index in [1.54, 1.807) is 11.3 Å². The third-order valence-corrected chi connectivity index (χ3v) is 9.54. The van der Waals surface area contributed by atoms with Crippen LogP contribution < -0.4 is 0 Å². The second-order valence-corrected chi connectivity index (χ2v) is 13.9. The quantitative estimate of drug-likeness (QED) is 0.447. The lowest BCUT2D eigenvalue weighted by atomic mass is 9.49. The van der Waals surface area contributed by atoms with Crippen molar-refractivity contribution in [1.29, 1.82) is 0 Å². The fourth-order valence-electron chi connectivity index (χ4n) is 7.30. The molecule has 5 heteroatoms. The largest absolute Gasteiger partial charge is 0.332 e. The van der Waals surface area contributed by atoms with Crippen molar-refractivity contribution in [3.05, 3.63) is 57.8 Å². The first-order valence-corrected chi connectivity index (χ1v) is 14.1. The van der Waals surface area contributed by atoms with Crippen molar-refractivity contribution in [2.75, 3.05) is 6.54 Å². The maximum atomic E-state index is 14.3. The molecule has 4 saturated carbocycles. The van der Waals surface area contributed by atoms with Gasteiger partial charge in [0.1, 0.15) is 6.54 Å². The highest BCUT2D eigenvalue weighted by Gasteiger charge is 2.56. The standard InChI is InChI=1S/C30H40N2O2S/c1-21-10-11-26(35-21)19-31(18-22-8-6-5-7-9-22)27(33)20-32(29(2,3)4)28(34)30-15-23-12-24(16-30)14-25(13-23)17-30/h5-11,23-25H,12-20H2,1-4H3. The molecule has 2 amide bonds. The number of aryl methyl sites for hydroxylation is 1. The number of carbonyl (C=O) groups excluding carboxylic acids is 2. The molecule has 4 fully saturated rings. The minimum Gasteiger partial charge on any atom is -0.332 e. The van der Waals surface area contributed by atoms with Crippen molar-refractivity contribution in [1.82, 2.24) is 9.80 Å². The fraction of sp³-hybridized carbons (Fsp3) is 0.600. The van der Waals surface area contributed by atoms with Gasteiger partial charge in [0.05, 0.1) is 12.0 Å². The lowest BCUT2D eigenvalue weighted by Gasteiger charge is -2.57. The molecule has 4 aliphatic carbocycles. The highest BCUT2D eigenvalue weighted by atomic mass is 32.1. The Hall–Kier alpha value is -2.14. The van der Waals surface area contributed by atoms with Crippen molar-refractivity contribution in [3.63, 3.8) is 0 Å². The molecule has 0 unspecified atom stereocenters. The SMILES string of the molecule is Cc1ccc(CN(Cc2ccccc2)C(=O)CN(C(=O)C23CC4CC(CC(C4)C2)C3)C(C)(C)C)s1. The van der Waals surface area contributed by atoms with Crippen LogP contribution >= 0.6 is 11.3 Å². The number of carbonyl (C=O) groups is 2. The monoisotopic (exact) mass is 492 g/mol. The summed E-state index contributed by atoms with van der Waals surface area (Å²) in [5.74, 6) is 2.40. The molecular weight excluding hydrogens is 452 g/mol. The number of nitrogens with zero attached hydrogens (tertiary/aromatic N) is 2. The Morgan fingerprint density at radius 2 is 1.51 bits per heavy atom. The Morgan fingerprint density at radius 3 is 2.03 bits per heavy atom. The summed E-state index contributed by atoms with van der Waals surface area (Å²) in [6.45, 7) is 9.65. The van der Waals surface area contributed by atoms with E-state index in [0.717, 1.165) is 24.8 Å². The molecule has 1 aromatic heterocycles. The molecule has 0 aliphatic heterocycles. The molecule has 0 spiro atoms. The summed E-state index contributed by atoms with van der Waals surface area (Å²) in [5, 5.41) is 0. The van der Waals surface area contributed by atoms with Crippen molar-refractivity contribution >= 4 is 23.2 Å². The van der Waals surface area contributed by atoms with Gasteiger partial charge in [-0.2, -0.15) is 0 Å². The molecule has 0 radical (unpaired) electrons. The van der Waals surface area contributed by atoms with Crippen LogP contribution in [0.25, 0.3) is 0 Å². The van der Waals surface area contributed by atoms with E-state index in [9.17, 15) is 9.59 Å². The van der Waals surface area contributed by atoms with Gasteiger partial charge in [0.15, 0.2) is 0 Å². The molecule has 1 heterocycles. The molecule has 2 aromatic rings. The Balaban J connectivity index is 1.38. The van der Waals surface area contributed by atoms with E-state index in [0.29, 0.717) is 30.8 Å². The van der Waals surface area contributed by atoms with Gasteiger partial charge in [-0.25, -0.2) is 0 Å². The average Bonchev–Trinajstić information content (AvgIpc) is 3.20. The lowest BCUT2D eigenvalue weighted by Crippen LogP contribution is -2.60. The summed E-state index contributed by atoms with van der Waals surface area (Å²) in [7, 11) is 0. The summed E-state index contributed by atoms with van der Waals surface area (Å²) >= 11 is 1.74. The highest BCUT2D eigenvalue weighted by molar-refractivity contribution is 7.11. The van der Waals surface area contributed by atoms with Crippen molar-refractivity contribution < 1.29 is 9.59 Å². The zero-order valence-corrected chi connectivity index (χ0v) is 22.6. The van der Waals surface area contributed by atoms with E-state index >= 15 is 0 Å². The second kappa shape index (κ2) is 9.38. The van der Waals surface area contributed by atoms with Gasteiger partial charge < -0.3 is 9.80 Å². The summed E-state index contributed by atoms with van der Waals surface area (Å²) in [6, 6.07) is 14.4. The minimum absolute atomic E-state index is 0.0351. The van der Waals surface area contributed by atoms with Gasteiger partial charge in [-0.15, -0.1) is 11.3 Å². The van der Waals surface area contributed by atoms with Crippen molar-refractivity contribution in [2.45, 2.75) is 84.8 Å². The fourth-order valence-corrected chi connectivity index (χ4v) is 8.21. The number of hydrogen-bond acceptors (Lipinski definition) is 3. The van der Waals surface area contributed by atoms with Crippen LogP contribution in [-0.4, -0.2) is 33.7 Å². The highest BCUT2D eigenvalue weighted by Crippen LogP contribution is 2.60. The topological polar surface area (TPSA) is 40.6 Å². The Kier molecular flexibility index (Phi) is 6.58. The first kappa shape index (κ1) is 24.5. The zero-order valence-electron chi connectivity index (χ0n) is 21.8. The number of benzene rings is 1. The summed E-state index contributed by atoms with van der Waals surface area (Å²) < 4.78 is 0. The Bertz CT molecular complexity index is 1030. The van der Waals surface area contributed by atoms with Crippen LogP contribution in [0.4, 0.5) is 0 Å². The number of amides is 2. The zero-order chi connectivity index (χ0) is 24.8. The van der Waals surface area contributed by atoms with Crippen molar-refractivity contribution in [2.24, 2.45) is 23.2 Å². The number of hydrogen-bond donors (Lipinski definition) is 0. The van der Waals surface area contributed by atoms with Crippen LogP contribution in [0.2, 0.25) is 0 Å². The molecule has 0 N–H and O–H groups in total. The van der Waals surface area contributed by atoms with E-state index in [1.165, 1.54) is 29.0 Å². The maximum Gasteiger partial charge on any atom is 0.242 e. The van der Waals surface area contributed by atoms with Crippen LogP contribution in [-0.2, 0) is 22.7 Å². The van der Waals surface area contributed by atoms with Gasteiger partial charge in [0.2, 0.25) is 11.8 Å². The van der Waals surface area contributed by atoms with E-state index in [4.69, 9.17) is 0 Å². The first-order valence-electron chi connectivity index (χ1n) is 13.3. The summed E-state index contributed by atoms with van der Waals surface area (Å²) in [5.41, 5.74) is 0.481. The second-order valence-electron chi connectivity index (χ2n) is 12.5. The molecule has 188 valence electrons. The van der Waals surface area contributed by atoms with Gasteiger partial charge in [-0.05, 0) is 102 Å². The van der Waals surface area contributed by atoms with Crippen LogP contribution in [0.15, 0.2) is 42.5 Å². The molecule has 0 atom stereocenters. The average molecular weight is 493 g/mol. The van der Waals surface area contributed by atoms with Crippen LogP contribution in [0.3, 0.4) is 0 Å². The minimum atomic E-state index is -0.395. The van der Waals surface area contributed by atoms with E-state index in [-0.39, 0.29) is 23.8 Å². The smallest absolute Gasteiger partial charge is 0.242 e. The van der Waals surface area contributed by atoms with Gasteiger partial charge in [0, 0.05) is 21.8 Å². The van der Waals surface area contributed by atoms with Crippen LogP contribution in [0.5, 0.6) is 0 Å². The van der Waals surface area contributed by atoms with E-state index < -0.39 is 5.54 Å². The predicted molar refractivity (Wildman–Crippen MR) is 142 cm³/mol. The van der Waals surface area contributed by atoms with Gasteiger partial charge >= 0.3 is 0 Å². The molecule has 35 heavy (non-hydrogen) atoms. The molecular formula is C30H40N2O2S. The summed E-state index contributed by atoms with van der Waals surface area (Å²) in [4.78, 5) is 34.5. The summed E-state index contributed by atoms with van der Waals surface area (Å²) in [6.07, 6.45) is 7.02.